The molecule has 0 bridgehead atoms. The standard InChI is InChI=1S/C24H22N6O2S2/c1-16(13-22(32)27-28(3)23(33)20-9-5-18(14-25)6-10-20)30(17(2)31)29(4)24(34)21-11-7-19(15-26)8-12-21/h5-12H,1,13H2,2-4H3,(H,27,32). The highest BCUT2D eigenvalue weighted by molar-refractivity contribution is 7.80. The maximum atomic E-state index is 12.6. The van der Waals surface area contributed by atoms with E-state index in [9.17, 15) is 9.59 Å². The zero-order valence-corrected chi connectivity index (χ0v) is 20.5. The fourth-order valence-corrected chi connectivity index (χ4v) is 3.43. The molecule has 8 nitrogen and oxygen atoms in total. The third-order valence-corrected chi connectivity index (χ3v) is 5.68. The van der Waals surface area contributed by atoms with Crippen molar-refractivity contribution < 1.29 is 9.59 Å². The molecule has 34 heavy (non-hydrogen) atoms. The second kappa shape index (κ2) is 11.7. The van der Waals surface area contributed by atoms with E-state index in [1.54, 1.807) is 62.6 Å². The Hall–Kier alpha value is -4.12. The smallest absolute Gasteiger partial charge is 0.244 e. The molecule has 0 fully saturated rings. The molecule has 0 radical (unpaired) electrons. The van der Waals surface area contributed by atoms with Crippen LogP contribution in [-0.2, 0) is 9.59 Å². The van der Waals surface area contributed by atoms with E-state index >= 15 is 0 Å². The molecule has 0 spiro atoms. The molecule has 2 amide bonds. The van der Waals surface area contributed by atoms with E-state index in [-0.39, 0.29) is 18.0 Å². The van der Waals surface area contributed by atoms with Crippen molar-refractivity contribution in [2.45, 2.75) is 13.3 Å². The fourth-order valence-electron chi connectivity index (χ4n) is 3.03. The van der Waals surface area contributed by atoms with Crippen LogP contribution in [0.3, 0.4) is 0 Å². The average molecular weight is 491 g/mol. The van der Waals surface area contributed by atoms with Crippen LogP contribution < -0.4 is 5.43 Å². The van der Waals surface area contributed by atoms with Crippen molar-refractivity contribution in [1.82, 2.24) is 20.5 Å². The zero-order chi connectivity index (χ0) is 25.4. The molecule has 0 aliphatic carbocycles. The van der Waals surface area contributed by atoms with Crippen LogP contribution in [0.2, 0.25) is 0 Å². The van der Waals surface area contributed by atoms with Crippen LogP contribution in [0.4, 0.5) is 0 Å². The summed E-state index contributed by atoms with van der Waals surface area (Å²) in [7, 11) is 3.19. The third kappa shape index (κ3) is 6.45. The molecule has 172 valence electrons. The summed E-state index contributed by atoms with van der Waals surface area (Å²) in [6.07, 6.45) is -0.194. The molecule has 0 aliphatic rings. The van der Waals surface area contributed by atoms with Gasteiger partial charge in [0.25, 0.3) is 0 Å². The van der Waals surface area contributed by atoms with Crippen molar-refractivity contribution in [1.29, 1.82) is 10.5 Å². The molecular formula is C24H22N6O2S2. The maximum Gasteiger partial charge on any atom is 0.244 e. The van der Waals surface area contributed by atoms with Gasteiger partial charge in [-0.1, -0.05) is 55.3 Å². The molecule has 10 heteroatoms. The van der Waals surface area contributed by atoms with Gasteiger partial charge in [-0.25, -0.2) is 5.01 Å². The lowest BCUT2D eigenvalue weighted by Gasteiger charge is -2.34. The average Bonchev–Trinajstić information content (AvgIpc) is 2.82. The first-order valence-electron chi connectivity index (χ1n) is 9.93. The molecule has 0 saturated heterocycles. The van der Waals surface area contributed by atoms with Crippen LogP contribution in [0.15, 0.2) is 60.8 Å². The Morgan fingerprint density at radius 2 is 1.35 bits per heavy atom. The lowest BCUT2D eigenvalue weighted by Crippen LogP contribution is -2.47. The number of benzene rings is 2. The lowest BCUT2D eigenvalue weighted by atomic mass is 10.1. The largest absolute Gasteiger partial charge is 0.277 e. The molecule has 0 unspecified atom stereocenters. The first-order chi connectivity index (χ1) is 16.1. The van der Waals surface area contributed by atoms with Crippen LogP contribution in [0, 0.1) is 22.7 Å². The van der Waals surface area contributed by atoms with Gasteiger partial charge in [-0.3, -0.25) is 25.0 Å². The number of carbonyl (C=O) groups is 2. The number of hydrogen-bond acceptors (Lipinski definition) is 6. The van der Waals surface area contributed by atoms with Crippen LogP contribution >= 0.6 is 24.4 Å². The van der Waals surface area contributed by atoms with Crippen LogP contribution in [-0.4, -0.2) is 50.9 Å². The van der Waals surface area contributed by atoms with Gasteiger partial charge in [0.2, 0.25) is 11.8 Å². The minimum absolute atomic E-state index is 0.194. The number of thiocarbonyl (C=S) groups is 2. The van der Waals surface area contributed by atoms with E-state index in [4.69, 9.17) is 35.0 Å². The molecule has 2 rings (SSSR count). The Bertz CT molecular complexity index is 1210. The summed E-state index contributed by atoms with van der Waals surface area (Å²) < 4.78 is 0. The van der Waals surface area contributed by atoms with Crippen LogP contribution in [0.5, 0.6) is 0 Å². The van der Waals surface area contributed by atoms with Crippen molar-refractivity contribution in [3.8, 4) is 12.1 Å². The summed E-state index contributed by atoms with van der Waals surface area (Å²) in [5.41, 5.74) is 5.14. The number of amides is 2. The normalized spacial score (nSPS) is 9.68. The number of rotatable bonds is 5. The quantitative estimate of drug-likeness (QED) is 0.504. The van der Waals surface area contributed by atoms with Crippen LogP contribution in [0.25, 0.3) is 0 Å². The van der Waals surface area contributed by atoms with Gasteiger partial charge >= 0.3 is 0 Å². The SMILES string of the molecule is C=C(CC(=O)NN(C)C(=S)c1ccc(C#N)cc1)N(C(C)=O)N(C)C(=S)c1ccc(C#N)cc1. The molecule has 0 saturated carbocycles. The third-order valence-electron chi connectivity index (χ3n) is 4.68. The molecule has 0 atom stereocenters. The number of nitrogens with one attached hydrogen (secondary N) is 1. The summed E-state index contributed by atoms with van der Waals surface area (Å²) in [6, 6.07) is 17.4. The highest BCUT2D eigenvalue weighted by Crippen LogP contribution is 2.16. The highest BCUT2D eigenvalue weighted by atomic mass is 32.1. The molecule has 0 aromatic heterocycles. The molecule has 2 aromatic carbocycles. The second-order valence-corrected chi connectivity index (χ2v) is 7.95. The summed E-state index contributed by atoms with van der Waals surface area (Å²) in [5, 5.41) is 21.9. The van der Waals surface area contributed by atoms with Crippen molar-refractivity contribution in [3.05, 3.63) is 83.1 Å². The Balaban J connectivity index is 2.06. The fraction of sp³-hybridized carbons (Fsp3) is 0.167. The number of nitriles is 2. The topological polar surface area (TPSA) is 103 Å². The molecular weight excluding hydrogens is 468 g/mol. The summed E-state index contributed by atoms with van der Waals surface area (Å²) in [6.45, 7) is 5.23. The summed E-state index contributed by atoms with van der Waals surface area (Å²) in [5.74, 6) is -0.815. The van der Waals surface area contributed by atoms with Crippen molar-refractivity contribution in [3.63, 3.8) is 0 Å². The Morgan fingerprint density at radius 3 is 1.76 bits per heavy atom. The van der Waals surface area contributed by atoms with Crippen molar-refractivity contribution >= 4 is 46.2 Å². The minimum Gasteiger partial charge on any atom is -0.277 e. The second-order valence-electron chi connectivity index (χ2n) is 7.18. The van der Waals surface area contributed by atoms with Gasteiger partial charge in [-0.05, 0) is 24.3 Å². The monoisotopic (exact) mass is 490 g/mol. The van der Waals surface area contributed by atoms with Gasteiger partial charge < -0.3 is 0 Å². The number of hydrazine groups is 2. The molecule has 1 N–H and O–H groups in total. The molecule has 0 heterocycles. The Labute approximate surface area is 209 Å². The lowest BCUT2D eigenvalue weighted by molar-refractivity contribution is -0.135. The van der Waals surface area contributed by atoms with E-state index < -0.39 is 5.91 Å². The number of carbonyl (C=O) groups excluding carboxylic acids is 2. The number of nitrogens with zero attached hydrogens (tertiary/aromatic N) is 5. The molecule has 2 aromatic rings. The summed E-state index contributed by atoms with van der Waals surface area (Å²) >= 11 is 10.9. The van der Waals surface area contributed by atoms with E-state index in [0.717, 1.165) is 0 Å². The predicted molar refractivity (Wildman–Crippen MR) is 136 cm³/mol. The summed E-state index contributed by atoms with van der Waals surface area (Å²) in [4.78, 5) is 25.6. The zero-order valence-electron chi connectivity index (χ0n) is 18.9. The minimum atomic E-state index is -0.438. The van der Waals surface area contributed by atoms with Crippen molar-refractivity contribution in [2.24, 2.45) is 0 Å². The Kier molecular flexibility index (Phi) is 8.96. The van der Waals surface area contributed by atoms with E-state index in [0.29, 0.717) is 32.2 Å². The van der Waals surface area contributed by atoms with Crippen molar-refractivity contribution in [2.75, 3.05) is 14.1 Å². The Morgan fingerprint density at radius 1 is 0.912 bits per heavy atom. The number of hydrogen-bond donors (Lipinski definition) is 1. The first kappa shape index (κ1) is 26.1. The molecule has 0 aliphatic heterocycles. The highest BCUT2D eigenvalue weighted by Gasteiger charge is 2.23. The van der Waals surface area contributed by atoms with Crippen LogP contribution in [0.1, 0.15) is 35.6 Å². The van der Waals surface area contributed by atoms with Gasteiger partial charge in [-0.15, -0.1) is 0 Å². The first-order valence-corrected chi connectivity index (χ1v) is 10.7. The van der Waals surface area contributed by atoms with Gasteiger partial charge in [0.05, 0.1) is 29.7 Å². The van der Waals surface area contributed by atoms with Gasteiger partial charge in [0.1, 0.15) is 9.98 Å². The van der Waals surface area contributed by atoms with E-state index in [2.05, 4.69) is 12.0 Å². The maximum absolute atomic E-state index is 12.6. The van der Waals surface area contributed by atoms with E-state index in [1.807, 2.05) is 12.1 Å². The van der Waals surface area contributed by atoms with Gasteiger partial charge in [0.15, 0.2) is 0 Å². The van der Waals surface area contributed by atoms with E-state index in [1.165, 1.54) is 22.0 Å². The van der Waals surface area contributed by atoms with Gasteiger partial charge in [-0.2, -0.15) is 10.5 Å². The van der Waals surface area contributed by atoms with Gasteiger partial charge in [0, 0.05) is 37.8 Å². The predicted octanol–water partition coefficient (Wildman–Crippen LogP) is 3.04.